The van der Waals surface area contributed by atoms with Crippen LogP contribution in [-0.2, 0) is 16.4 Å². The van der Waals surface area contributed by atoms with Gasteiger partial charge in [-0.15, -0.1) is 12.4 Å². The zero-order valence-electron chi connectivity index (χ0n) is 10.3. The van der Waals surface area contributed by atoms with E-state index >= 15 is 0 Å². The van der Waals surface area contributed by atoms with Gasteiger partial charge in [0.15, 0.2) is 0 Å². The molecule has 0 amide bonds. The fraction of sp³-hybridized carbons (Fsp3) is 0.143. The van der Waals surface area contributed by atoms with E-state index in [1.165, 1.54) is 0 Å². The Bertz CT molecular complexity index is 585. The van der Waals surface area contributed by atoms with Gasteiger partial charge >= 0.3 is 0 Å². The van der Waals surface area contributed by atoms with E-state index in [4.69, 9.17) is 0 Å². The molecule has 0 spiro atoms. The summed E-state index contributed by atoms with van der Waals surface area (Å²) in [6.07, 6.45) is 0.687. The number of hydrogen-bond donors (Lipinski definition) is 1. The Hall–Kier alpha value is -1.36. The lowest BCUT2D eigenvalue weighted by molar-refractivity contribution is 0.581. The summed E-state index contributed by atoms with van der Waals surface area (Å²) in [5.74, 6) is 0. The number of rotatable bonds is 5. The van der Waals surface area contributed by atoms with E-state index in [0.29, 0.717) is 17.9 Å². The van der Waals surface area contributed by atoms with Crippen LogP contribution in [0.3, 0.4) is 0 Å². The standard InChI is InChI=1S/C14H15NO2S.ClH/c16-18(17,14-9-5-2-6-10-14)15-12-11-13-7-3-1-4-8-13;/h1-10,15H,11-12H2;1H. The Morgan fingerprint density at radius 1 is 0.842 bits per heavy atom. The Morgan fingerprint density at radius 2 is 1.37 bits per heavy atom. The van der Waals surface area contributed by atoms with Crippen molar-refractivity contribution in [3.8, 4) is 0 Å². The summed E-state index contributed by atoms with van der Waals surface area (Å²) in [7, 11) is -3.38. The number of halogens is 1. The first-order valence-electron chi connectivity index (χ1n) is 5.77. The summed E-state index contributed by atoms with van der Waals surface area (Å²) in [6.45, 7) is 0.404. The molecule has 0 aromatic heterocycles. The summed E-state index contributed by atoms with van der Waals surface area (Å²) < 4.78 is 26.4. The highest BCUT2D eigenvalue weighted by atomic mass is 35.5. The minimum atomic E-state index is -3.38. The van der Waals surface area contributed by atoms with Crippen LogP contribution in [0.15, 0.2) is 65.6 Å². The number of benzene rings is 2. The average molecular weight is 298 g/mol. The second kappa shape index (κ2) is 7.28. The van der Waals surface area contributed by atoms with Gasteiger partial charge in [0.25, 0.3) is 0 Å². The van der Waals surface area contributed by atoms with E-state index in [-0.39, 0.29) is 12.4 Å². The third-order valence-electron chi connectivity index (χ3n) is 2.60. The second-order valence-electron chi connectivity index (χ2n) is 3.95. The lowest BCUT2D eigenvalue weighted by Gasteiger charge is -2.06. The van der Waals surface area contributed by atoms with Gasteiger partial charge in [0.1, 0.15) is 0 Å². The molecule has 2 aromatic carbocycles. The SMILES string of the molecule is Cl.O=S(=O)(NCCc1ccccc1)c1ccccc1. The molecule has 0 radical (unpaired) electrons. The van der Waals surface area contributed by atoms with Gasteiger partial charge in [-0.3, -0.25) is 0 Å². The maximum absolute atomic E-state index is 11.9. The van der Waals surface area contributed by atoms with Crippen LogP contribution in [0.2, 0.25) is 0 Å². The van der Waals surface area contributed by atoms with Crippen LogP contribution in [-0.4, -0.2) is 15.0 Å². The largest absolute Gasteiger partial charge is 0.240 e. The molecule has 0 saturated carbocycles. The highest BCUT2D eigenvalue weighted by Gasteiger charge is 2.11. The van der Waals surface area contributed by atoms with Gasteiger partial charge in [-0.25, -0.2) is 13.1 Å². The molecular weight excluding hydrogens is 282 g/mol. The van der Waals surface area contributed by atoms with Crippen LogP contribution in [0.1, 0.15) is 5.56 Å². The highest BCUT2D eigenvalue weighted by Crippen LogP contribution is 2.07. The van der Waals surface area contributed by atoms with Crippen LogP contribution < -0.4 is 4.72 Å². The molecule has 1 N–H and O–H groups in total. The van der Waals surface area contributed by atoms with Gasteiger partial charge < -0.3 is 0 Å². The molecule has 5 heteroatoms. The van der Waals surface area contributed by atoms with Crippen molar-refractivity contribution in [2.75, 3.05) is 6.54 Å². The number of nitrogens with one attached hydrogen (secondary N) is 1. The van der Waals surface area contributed by atoms with Crippen molar-refractivity contribution in [1.29, 1.82) is 0 Å². The average Bonchev–Trinajstić information content (AvgIpc) is 2.41. The third kappa shape index (κ3) is 4.67. The molecule has 0 unspecified atom stereocenters. The molecule has 0 aliphatic carbocycles. The molecule has 2 aromatic rings. The first-order chi connectivity index (χ1) is 8.68. The molecule has 0 heterocycles. The van der Waals surface area contributed by atoms with Crippen molar-refractivity contribution in [2.24, 2.45) is 0 Å². The lowest BCUT2D eigenvalue weighted by atomic mass is 10.2. The quantitative estimate of drug-likeness (QED) is 0.922. The molecule has 0 fully saturated rings. The Labute approximate surface area is 120 Å². The van der Waals surface area contributed by atoms with Gasteiger partial charge in [0.2, 0.25) is 10.0 Å². The molecule has 102 valence electrons. The van der Waals surface area contributed by atoms with Gasteiger partial charge in [-0.05, 0) is 24.1 Å². The fourth-order valence-electron chi connectivity index (χ4n) is 1.66. The van der Waals surface area contributed by atoms with Crippen LogP contribution in [0.5, 0.6) is 0 Å². The van der Waals surface area contributed by atoms with E-state index in [0.717, 1.165) is 5.56 Å². The van der Waals surface area contributed by atoms with E-state index in [9.17, 15) is 8.42 Å². The zero-order chi connectivity index (χ0) is 12.8. The van der Waals surface area contributed by atoms with Crippen molar-refractivity contribution in [1.82, 2.24) is 4.72 Å². The maximum atomic E-state index is 11.9. The fourth-order valence-corrected chi connectivity index (χ4v) is 2.71. The van der Waals surface area contributed by atoms with Crippen LogP contribution in [0, 0.1) is 0 Å². The molecule has 19 heavy (non-hydrogen) atoms. The van der Waals surface area contributed by atoms with Gasteiger partial charge in [0.05, 0.1) is 4.90 Å². The van der Waals surface area contributed by atoms with Crippen LogP contribution in [0.4, 0.5) is 0 Å². The highest BCUT2D eigenvalue weighted by molar-refractivity contribution is 7.89. The van der Waals surface area contributed by atoms with Crippen molar-refractivity contribution < 1.29 is 8.42 Å². The Morgan fingerprint density at radius 3 is 1.95 bits per heavy atom. The van der Waals surface area contributed by atoms with E-state index in [1.807, 2.05) is 30.3 Å². The predicted octanol–water partition coefficient (Wildman–Crippen LogP) is 2.63. The third-order valence-corrected chi connectivity index (χ3v) is 4.08. The van der Waals surface area contributed by atoms with Crippen molar-refractivity contribution in [3.63, 3.8) is 0 Å². The van der Waals surface area contributed by atoms with Gasteiger partial charge in [-0.2, -0.15) is 0 Å². The van der Waals surface area contributed by atoms with Gasteiger partial charge in [-0.1, -0.05) is 48.5 Å². The summed E-state index contributed by atoms with van der Waals surface area (Å²) in [5.41, 5.74) is 1.12. The second-order valence-corrected chi connectivity index (χ2v) is 5.71. The molecule has 0 bridgehead atoms. The first kappa shape index (κ1) is 15.7. The van der Waals surface area contributed by atoms with Crippen LogP contribution >= 0.6 is 12.4 Å². The summed E-state index contributed by atoms with van der Waals surface area (Å²) in [4.78, 5) is 0.304. The number of hydrogen-bond acceptors (Lipinski definition) is 2. The van der Waals surface area contributed by atoms with Crippen molar-refractivity contribution in [2.45, 2.75) is 11.3 Å². The summed E-state index contributed by atoms with van der Waals surface area (Å²) in [6, 6.07) is 18.2. The maximum Gasteiger partial charge on any atom is 0.240 e. The molecule has 0 atom stereocenters. The molecule has 0 aliphatic heterocycles. The summed E-state index contributed by atoms with van der Waals surface area (Å²) >= 11 is 0. The minimum absolute atomic E-state index is 0. The molecule has 2 rings (SSSR count). The van der Waals surface area contributed by atoms with Gasteiger partial charge in [0, 0.05) is 6.54 Å². The topological polar surface area (TPSA) is 46.2 Å². The minimum Gasteiger partial charge on any atom is -0.211 e. The van der Waals surface area contributed by atoms with E-state index in [2.05, 4.69) is 4.72 Å². The normalized spacial score (nSPS) is 10.7. The van der Waals surface area contributed by atoms with E-state index < -0.39 is 10.0 Å². The number of sulfonamides is 1. The monoisotopic (exact) mass is 297 g/mol. The van der Waals surface area contributed by atoms with Crippen LogP contribution in [0.25, 0.3) is 0 Å². The molecule has 0 saturated heterocycles. The van der Waals surface area contributed by atoms with Crippen molar-refractivity contribution >= 4 is 22.4 Å². The molecule has 0 aliphatic rings. The molecule has 3 nitrogen and oxygen atoms in total. The summed E-state index contributed by atoms with van der Waals surface area (Å²) in [5, 5.41) is 0. The molecular formula is C14H16ClNO2S. The first-order valence-corrected chi connectivity index (χ1v) is 7.25. The Balaban J connectivity index is 0.00000180. The smallest absolute Gasteiger partial charge is 0.211 e. The lowest BCUT2D eigenvalue weighted by Crippen LogP contribution is -2.25. The predicted molar refractivity (Wildman–Crippen MR) is 79.0 cm³/mol. The zero-order valence-corrected chi connectivity index (χ0v) is 12.0. The Kier molecular flexibility index (Phi) is 6.02. The van der Waals surface area contributed by atoms with E-state index in [1.54, 1.807) is 30.3 Å². The van der Waals surface area contributed by atoms with Crippen molar-refractivity contribution in [3.05, 3.63) is 66.2 Å².